The van der Waals surface area contributed by atoms with Crippen molar-refractivity contribution in [2.24, 2.45) is 0 Å². The second kappa shape index (κ2) is 58.1. The van der Waals surface area contributed by atoms with Crippen molar-refractivity contribution in [3.8, 4) is 0 Å². The first kappa shape index (κ1) is 75.9. The summed E-state index contributed by atoms with van der Waals surface area (Å²) in [5, 5.41) is 3.04. The van der Waals surface area contributed by atoms with Gasteiger partial charge in [0.1, 0.15) is 19.3 Å². The van der Waals surface area contributed by atoms with Crippen LogP contribution >= 0.6 is 7.82 Å². The number of amides is 1. The Kier molecular flexibility index (Phi) is 55.9. The molecule has 456 valence electrons. The molecule has 0 rings (SSSR count). The zero-order chi connectivity index (χ0) is 57.9. The smallest absolute Gasteiger partial charge is 0.456 e. The van der Waals surface area contributed by atoms with Crippen LogP contribution in [0.4, 0.5) is 0 Å². The number of quaternary nitrogens is 1. The van der Waals surface area contributed by atoms with E-state index in [0.717, 1.165) is 109 Å². The Balaban J connectivity index is 5.10. The van der Waals surface area contributed by atoms with Gasteiger partial charge in [-0.3, -0.25) is 18.6 Å². The standard InChI is InChI=1S/C69H123N2O7P/c1-7-10-13-16-19-22-25-28-30-31-32-33-34-35-36-37-38-39-40-41-42-44-47-50-53-56-59-62-69(73)78-67(60-57-54-51-48-45-27-24-21-18-15-12-9-3)66(65-77-79(74,75)76-64-63-71(4,5)6)70-68(72)61-58-55-52-49-46-43-29-26-23-20-17-14-11-8-2/h11,14,19-20,22-23,28-30,32-33,35-36,43,57,60,66-67H,7-10,12-13,15-18,21,24-27,31,34,37-42,44-56,58-59,61-65H2,1-6H3,(H-,70,72,74,75)/p+1/b14-11+,22-19-,23-20+,30-28-,33-32-,36-35-,43-29+,60-57-. The van der Waals surface area contributed by atoms with Gasteiger partial charge in [-0.2, -0.15) is 0 Å². The molecule has 0 bridgehead atoms. The van der Waals surface area contributed by atoms with Crippen LogP contribution in [-0.4, -0.2) is 74.3 Å². The Morgan fingerprint density at radius 3 is 1.24 bits per heavy atom. The Bertz CT molecular complexity index is 1670. The largest absolute Gasteiger partial charge is 0.472 e. The average molecular weight is 1120 g/mol. The number of unbranched alkanes of at least 4 members (excludes halogenated alkanes) is 28. The topological polar surface area (TPSA) is 111 Å². The SMILES string of the molecule is CC/C=C/C/C=C/C/C=C/CCCCCCC(=O)NC(COP(=O)(O)OCC[N+](C)(C)C)C(/C=C\CCCCCCCCCCCC)OC(=O)CCCCCCCCCCCCC/C=C\C/C=C\C/C=C\C/C=C\CCCCC. The summed E-state index contributed by atoms with van der Waals surface area (Å²) in [6.07, 6.45) is 78.4. The highest BCUT2D eigenvalue weighted by Gasteiger charge is 2.30. The van der Waals surface area contributed by atoms with Gasteiger partial charge in [0.25, 0.3) is 0 Å². The molecule has 10 heteroatoms. The minimum absolute atomic E-state index is 0.0313. The number of likely N-dealkylation sites (N-methyl/N-ethyl adjacent to an activating group) is 1. The van der Waals surface area contributed by atoms with Gasteiger partial charge in [0.2, 0.25) is 5.91 Å². The van der Waals surface area contributed by atoms with Crippen molar-refractivity contribution in [1.29, 1.82) is 0 Å². The zero-order valence-corrected chi connectivity index (χ0v) is 53.0. The first-order chi connectivity index (χ1) is 38.4. The molecule has 0 fully saturated rings. The fourth-order valence-electron chi connectivity index (χ4n) is 9.00. The van der Waals surface area contributed by atoms with Crippen LogP contribution in [0.2, 0.25) is 0 Å². The number of hydrogen-bond acceptors (Lipinski definition) is 6. The van der Waals surface area contributed by atoms with Gasteiger partial charge in [-0.05, 0) is 109 Å². The average Bonchev–Trinajstić information content (AvgIpc) is 3.41. The van der Waals surface area contributed by atoms with E-state index in [-0.39, 0.29) is 31.5 Å². The van der Waals surface area contributed by atoms with Gasteiger partial charge >= 0.3 is 13.8 Å². The number of phosphoric ester groups is 1. The maximum atomic E-state index is 13.5. The number of ether oxygens (including phenoxy) is 1. The normalized spacial score (nSPS) is 14.3. The molecular weight excluding hydrogens is 1000 g/mol. The van der Waals surface area contributed by atoms with Crippen LogP contribution in [0.3, 0.4) is 0 Å². The van der Waals surface area contributed by atoms with E-state index < -0.39 is 20.0 Å². The molecule has 2 N–H and O–H groups in total. The number of phosphoric acid groups is 1. The summed E-state index contributed by atoms with van der Waals surface area (Å²) in [5.41, 5.74) is 0. The highest BCUT2D eigenvalue weighted by Crippen LogP contribution is 2.43. The lowest BCUT2D eigenvalue weighted by Gasteiger charge is -2.27. The number of carbonyl (C=O) groups is 2. The fraction of sp³-hybridized carbons (Fsp3) is 0.739. The second-order valence-corrected chi connectivity index (χ2v) is 24.4. The van der Waals surface area contributed by atoms with Crippen molar-refractivity contribution in [2.75, 3.05) is 40.9 Å². The van der Waals surface area contributed by atoms with Gasteiger partial charge in [0.15, 0.2) is 0 Å². The highest BCUT2D eigenvalue weighted by molar-refractivity contribution is 7.47. The van der Waals surface area contributed by atoms with Gasteiger partial charge < -0.3 is 19.4 Å². The second-order valence-electron chi connectivity index (χ2n) is 22.9. The van der Waals surface area contributed by atoms with Crippen LogP contribution in [0.5, 0.6) is 0 Å². The first-order valence-corrected chi connectivity index (χ1v) is 34.1. The minimum atomic E-state index is -4.46. The van der Waals surface area contributed by atoms with Gasteiger partial charge in [-0.15, -0.1) is 0 Å². The van der Waals surface area contributed by atoms with E-state index in [1.807, 2.05) is 33.3 Å². The lowest BCUT2D eigenvalue weighted by molar-refractivity contribution is -0.870. The third-order valence-corrected chi connectivity index (χ3v) is 15.0. The van der Waals surface area contributed by atoms with Gasteiger partial charge in [0, 0.05) is 12.8 Å². The molecule has 0 aromatic heterocycles. The van der Waals surface area contributed by atoms with Crippen LogP contribution in [0.25, 0.3) is 0 Å². The van der Waals surface area contributed by atoms with E-state index in [4.69, 9.17) is 13.8 Å². The third kappa shape index (κ3) is 59.4. The van der Waals surface area contributed by atoms with Crippen molar-refractivity contribution in [3.05, 3.63) is 97.2 Å². The number of nitrogens with one attached hydrogen (secondary N) is 1. The Hall–Kier alpha value is -3.07. The maximum absolute atomic E-state index is 13.5. The van der Waals surface area contributed by atoms with Crippen LogP contribution in [0, 0.1) is 0 Å². The molecule has 0 saturated heterocycles. The van der Waals surface area contributed by atoms with Crippen LogP contribution in [-0.2, 0) is 27.9 Å². The van der Waals surface area contributed by atoms with Crippen molar-refractivity contribution in [1.82, 2.24) is 5.32 Å². The molecule has 9 nitrogen and oxygen atoms in total. The molecule has 0 aromatic rings. The molecule has 1 amide bonds. The Morgan fingerprint density at radius 1 is 0.456 bits per heavy atom. The summed E-state index contributed by atoms with van der Waals surface area (Å²) in [7, 11) is 1.47. The number of rotatable bonds is 58. The summed E-state index contributed by atoms with van der Waals surface area (Å²) < 4.78 is 30.7. The first-order valence-electron chi connectivity index (χ1n) is 32.6. The number of carbonyl (C=O) groups excluding carboxylic acids is 2. The number of hydrogen-bond donors (Lipinski definition) is 2. The molecule has 0 radical (unpaired) electrons. The summed E-state index contributed by atoms with van der Waals surface area (Å²) in [6, 6.07) is -0.866. The fourth-order valence-corrected chi connectivity index (χ4v) is 9.73. The highest BCUT2D eigenvalue weighted by atomic mass is 31.2. The number of nitrogens with zero attached hydrogens (tertiary/aromatic N) is 1. The van der Waals surface area contributed by atoms with E-state index in [1.54, 1.807) is 0 Å². The van der Waals surface area contributed by atoms with Crippen molar-refractivity contribution in [3.63, 3.8) is 0 Å². The van der Waals surface area contributed by atoms with Gasteiger partial charge in [0.05, 0.1) is 33.8 Å². The van der Waals surface area contributed by atoms with Gasteiger partial charge in [-0.25, -0.2) is 4.57 Å². The van der Waals surface area contributed by atoms with Crippen molar-refractivity contribution in [2.45, 2.75) is 290 Å². The molecule has 0 saturated carbocycles. The van der Waals surface area contributed by atoms with E-state index in [0.29, 0.717) is 17.4 Å². The quantitative estimate of drug-likeness (QED) is 0.0205. The number of esters is 1. The van der Waals surface area contributed by atoms with E-state index in [9.17, 15) is 19.0 Å². The molecule has 3 atom stereocenters. The zero-order valence-electron chi connectivity index (χ0n) is 52.1. The summed E-state index contributed by atoms with van der Waals surface area (Å²) in [6.45, 7) is 6.85. The Labute approximate surface area is 488 Å². The van der Waals surface area contributed by atoms with Crippen LogP contribution in [0.1, 0.15) is 278 Å². The van der Waals surface area contributed by atoms with Crippen LogP contribution < -0.4 is 5.32 Å². The Morgan fingerprint density at radius 2 is 0.810 bits per heavy atom. The molecule has 79 heavy (non-hydrogen) atoms. The van der Waals surface area contributed by atoms with Crippen molar-refractivity contribution < 1.29 is 37.3 Å². The summed E-state index contributed by atoms with van der Waals surface area (Å²) in [4.78, 5) is 37.7. The molecular formula is C69H124N2O7P+. The maximum Gasteiger partial charge on any atom is 0.472 e. The van der Waals surface area contributed by atoms with Gasteiger partial charge in [-0.1, -0.05) is 253 Å². The van der Waals surface area contributed by atoms with E-state index >= 15 is 0 Å². The molecule has 3 unspecified atom stereocenters. The lowest BCUT2D eigenvalue weighted by Crippen LogP contribution is -2.47. The summed E-state index contributed by atoms with van der Waals surface area (Å²) >= 11 is 0. The van der Waals surface area contributed by atoms with E-state index in [2.05, 4.69) is 111 Å². The molecule has 0 aliphatic heterocycles. The van der Waals surface area contributed by atoms with Crippen LogP contribution in [0.15, 0.2) is 97.2 Å². The van der Waals surface area contributed by atoms with Crippen molar-refractivity contribution >= 4 is 19.7 Å². The molecule has 0 aliphatic rings. The molecule has 0 spiro atoms. The van der Waals surface area contributed by atoms with E-state index in [1.165, 1.54) is 135 Å². The minimum Gasteiger partial charge on any atom is -0.456 e. The molecule has 0 aromatic carbocycles. The molecule has 0 heterocycles. The predicted molar refractivity (Wildman–Crippen MR) is 341 cm³/mol. The summed E-state index contributed by atoms with van der Waals surface area (Å²) in [5.74, 6) is -0.536. The third-order valence-electron chi connectivity index (χ3n) is 14.0. The lowest BCUT2D eigenvalue weighted by atomic mass is 10.0. The number of allylic oxidation sites excluding steroid dienone is 15. The molecule has 0 aliphatic carbocycles. The monoisotopic (exact) mass is 1120 g/mol. The predicted octanol–water partition coefficient (Wildman–Crippen LogP) is 20.3.